The first-order valence-corrected chi connectivity index (χ1v) is 8.34. The van der Waals surface area contributed by atoms with E-state index < -0.39 is 0 Å². The third kappa shape index (κ3) is 2.46. The highest BCUT2D eigenvalue weighted by Crippen LogP contribution is 2.33. The number of hydrogen-bond donors (Lipinski definition) is 0. The van der Waals surface area contributed by atoms with Crippen molar-refractivity contribution < 1.29 is 9.59 Å². The zero-order valence-electron chi connectivity index (χ0n) is 12.8. The van der Waals surface area contributed by atoms with Gasteiger partial charge in [-0.05, 0) is 40.0 Å². The summed E-state index contributed by atoms with van der Waals surface area (Å²) in [7, 11) is 0. The third-order valence-corrected chi connectivity index (χ3v) is 5.73. The van der Waals surface area contributed by atoms with Gasteiger partial charge in [0.15, 0.2) is 0 Å². The lowest BCUT2D eigenvalue weighted by Gasteiger charge is -2.44. The second-order valence-corrected chi connectivity index (χ2v) is 7.16. The molecule has 0 aliphatic carbocycles. The lowest BCUT2D eigenvalue weighted by Crippen LogP contribution is -2.61. The Hall–Kier alpha value is -1.43. The van der Waals surface area contributed by atoms with E-state index in [1.165, 1.54) is 0 Å². The summed E-state index contributed by atoms with van der Waals surface area (Å²) in [6.07, 6.45) is 2.84. The van der Waals surface area contributed by atoms with Crippen LogP contribution in [0, 0.1) is 13.8 Å². The fraction of sp³-hybridized carbons (Fsp3) is 0.667. The summed E-state index contributed by atoms with van der Waals surface area (Å²) in [4.78, 5) is 34.1. The third-order valence-electron chi connectivity index (χ3n) is 4.48. The molecule has 1 aromatic heterocycles. The number of nitrogens with zero attached hydrogens (tertiary/aromatic N) is 3. The van der Waals surface area contributed by atoms with Gasteiger partial charge in [-0.15, -0.1) is 11.3 Å². The van der Waals surface area contributed by atoms with E-state index in [9.17, 15) is 9.59 Å². The van der Waals surface area contributed by atoms with Gasteiger partial charge >= 0.3 is 0 Å². The van der Waals surface area contributed by atoms with Gasteiger partial charge in [-0.25, -0.2) is 4.98 Å². The van der Waals surface area contributed by atoms with E-state index in [2.05, 4.69) is 4.98 Å². The predicted octanol–water partition coefficient (Wildman–Crippen LogP) is 2.04. The van der Waals surface area contributed by atoms with E-state index in [1.54, 1.807) is 21.1 Å². The maximum atomic E-state index is 12.8. The van der Waals surface area contributed by atoms with Crippen LogP contribution in [-0.2, 0) is 9.59 Å². The number of thiazole rings is 1. The van der Waals surface area contributed by atoms with Crippen LogP contribution in [0.2, 0.25) is 0 Å². The summed E-state index contributed by atoms with van der Waals surface area (Å²) < 4.78 is 0. The molecule has 3 heterocycles. The average Bonchev–Trinajstić information content (AvgIpc) is 2.81. The Labute approximate surface area is 129 Å². The van der Waals surface area contributed by atoms with Crippen LogP contribution in [0.15, 0.2) is 0 Å². The first-order valence-electron chi connectivity index (χ1n) is 7.53. The molecule has 0 aromatic carbocycles. The summed E-state index contributed by atoms with van der Waals surface area (Å²) in [6, 6.07) is -0.312. The van der Waals surface area contributed by atoms with Crippen molar-refractivity contribution in [2.45, 2.75) is 52.1 Å². The van der Waals surface area contributed by atoms with Crippen LogP contribution in [0.25, 0.3) is 0 Å². The molecule has 2 fully saturated rings. The molecule has 21 heavy (non-hydrogen) atoms. The minimum Gasteiger partial charge on any atom is -0.329 e. The largest absolute Gasteiger partial charge is 0.329 e. The van der Waals surface area contributed by atoms with Gasteiger partial charge < -0.3 is 9.80 Å². The molecule has 0 radical (unpaired) electrons. The zero-order valence-corrected chi connectivity index (χ0v) is 13.6. The number of carbonyl (C=O) groups is 2. The van der Waals surface area contributed by atoms with Gasteiger partial charge in [-0.2, -0.15) is 0 Å². The molecule has 2 saturated heterocycles. The molecule has 2 unspecified atom stereocenters. The first kappa shape index (κ1) is 14.5. The maximum absolute atomic E-state index is 12.8. The van der Waals surface area contributed by atoms with Crippen LogP contribution in [0.5, 0.6) is 0 Å². The fourth-order valence-corrected chi connectivity index (χ4v) is 4.39. The quantitative estimate of drug-likeness (QED) is 0.840. The molecule has 0 N–H and O–H groups in total. The standard InChI is InChI=1S/C15H21N3O2S/c1-9-14(21-11(3)16-9)10(2)18-8-13(19)17-7-5-4-6-12(17)15(18)20/h10,12H,4-8H2,1-3H3. The van der Waals surface area contributed by atoms with Crippen molar-refractivity contribution in [1.29, 1.82) is 0 Å². The van der Waals surface area contributed by atoms with Gasteiger partial charge in [0.05, 0.1) is 16.7 Å². The number of carbonyl (C=O) groups excluding carboxylic acids is 2. The van der Waals surface area contributed by atoms with Crippen molar-refractivity contribution in [2.75, 3.05) is 13.1 Å². The minimum absolute atomic E-state index is 0.0725. The molecule has 0 spiro atoms. The smallest absolute Gasteiger partial charge is 0.246 e. The molecule has 1 aromatic rings. The van der Waals surface area contributed by atoms with Crippen molar-refractivity contribution in [3.05, 3.63) is 15.6 Å². The Balaban J connectivity index is 1.86. The van der Waals surface area contributed by atoms with Crippen LogP contribution in [0.1, 0.15) is 47.8 Å². The number of aryl methyl sites for hydroxylation is 2. The number of fused-ring (bicyclic) bond motifs is 1. The van der Waals surface area contributed by atoms with E-state index in [1.807, 2.05) is 20.8 Å². The SMILES string of the molecule is Cc1nc(C)c(C(C)N2CC(=O)N3CCCCC3C2=O)s1. The fourth-order valence-electron chi connectivity index (χ4n) is 3.40. The van der Waals surface area contributed by atoms with Crippen molar-refractivity contribution >= 4 is 23.2 Å². The minimum atomic E-state index is -0.239. The molecule has 2 aliphatic rings. The normalized spacial score (nSPS) is 24.2. The topological polar surface area (TPSA) is 53.5 Å². The summed E-state index contributed by atoms with van der Waals surface area (Å²) >= 11 is 1.62. The Bertz CT molecular complexity index is 583. The van der Waals surface area contributed by atoms with E-state index in [4.69, 9.17) is 0 Å². The summed E-state index contributed by atoms with van der Waals surface area (Å²) in [5.41, 5.74) is 0.969. The molecule has 2 atom stereocenters. The van der Waals surface area contributed by atoms with Crippen LogP contribution in [0.4, 0.5) is 0 Å². The van der Waals surface area contributed by atoms with Crippen molar-refractivity contribution in [3.63, 3.8) is 0 Å². The molecule has 2 aliphatic heterocycles. The first-order chi connectivity index (χ1) is 9.99. The number of hydrogen-bond acceptors (Lipinski definition) is 4. The number of rotatable bonds is 2. The van der Waals surface area contributed by atoms with Gasteiger partial charge in [0.2, 0.25) is 11.8 Å². The number of piperazine rings is 1. The van der Waals surface area contributed by atoms with Crippen LogP contribution in [0.3, 0.4) is 0 Å². The highest BCUT2D eigenvalue weighted by Gasteiger charge is 2.42. The maximum Gasteiger partial charge on any atom is 0.246 e. The summed E-state index contributed by atoms with van der Waals surface area (Å²) in [6.45, 7) is 6.88. The van der Waals surface area contributed by atoms with Crippen molar-refractivity contribution in [2.24, 2.45) is 0 Å². The molecule has 0 saturated carbocycles. The Kier molecular flexibility index (Phi) is 3.73. The lowest BCUT2D eigenvalue weighted by atomic mass is 9.97. The van der Waals surface area contributed by atoms with Gasteiger partial charge in [0.25, 0.3) is 0 Å². The van der Waals surface area contributed by atoms with E-state index in [-0.39, 0.29) is 30.4 Å². The molecular weight excluding hydrogens is 286 g/mol. The molecular formula is C15H21N3O2S. The van der Waals surface area contributed by atoms with Crippen LogP contribution < -0.4 is 0 Å². The monoisotopic (exact) mass is 307 g/mol. The van der Waals surface area contributed by atoms with E-state index in [0.717, 1.165) is 41.4 Å². The van der Waals surface area contributed by atoms with Crippen molar-refractivity contribution in [1.82, 2.24) is 14.8 Å². The average molecular weight is 307 g/mol. The van der Waals surface area contributed by atoms with E-state index >= 15 is 0 Å². The van der Waals surface area contributed by atoms with Crippen LogP contribution in [-0.4, -0.2) is 45.7 Å². The molecule has 0 bridgehead atoms. The Morgan fingerprint density at radius 1 is 1.29 bits per heavy atom. The molecule has 6 heteroatoms. The second-order valence-electron chi connectivity index (χ2n) is 5.92. The second kappa shape index (κ2) is 5.40. The predicted molar refractivity (Wildman–Crippen MR) is 81.1 cm³/mol. The highest BCUT2D eigenvalue weighted by molar-refractivity contribution is 7.11. The lowest BCUT2D eigenvalue weighted by molar-refractivity contribution is -0.159. The van der Waals surface area contributed by atoms with Gasteiger partial charge in [0.1, 0.15) is 12.6 Å². The summed E-state index contributed by atoms with van der Waals surface area (Å²) in [5.74, 6) is 0.192. The zero-order chi connectivity index (χ0) is 15.1. The van der Waals surface area contributed by atoms with E-state index in [0.29, 0.717) is 0 Å². The highest BCUT2D eigenvalue weighted by atomic mass is 32.1. The van der Waals surface area contributed by atoms with Gasteiger partial charge in [0, 0.05) is 11.4 Å². The number of piperidine rings is 1. The number of aromatic nitrogens is 1. The van der Waals surface area contributed by atoms with Crippen LogP contribution >= 0.6 is 11.3 Å². The van der Waals surface area contributed by atoms with Gasteiger partial charge in [-0.1, -0.05) is 0 Å². The Morgan fingerprint density at radius 3 is 2.71 bits per heavy atom. The summed E-state index contributed by atoms with van der Waals surface area (Å²) in [5, 5.41) is 1.00. The molecule has 114 valence electrons. The van der Waals surface area contributed by atoms with Crippen molar-refractivity contribution in [3.8, 4) is 0 Å². The number of amides is 2. The molecule has 5 nitrogen and oxygen atoms in total. The molecule has 2 amide bonds. The Morgan fingerprint density at radius 2 is 2.05 bits per heavy atom. The molecule has 3 rings (SSSR count). The van der Waals surface area contributed by atoms with Gasteiger partial charge in [-0.3, -0.25) is 9.59 Å².